The molecular weight excluding hydrogens is 302 g/mol. The van der Waals surface area contributed by atoms with Crippen LogP contribution in [0, 0.1) is 11.3 Å². The highest BCUT2D eigenvalue weighted by Crippen LogP contribution is 2.12. The zero-order valence-electron chi connectivity index (χ0n) is 12.2. The molecule has 1 N–H and O–H groups in total. The van der Waals surface area contributed by atoms with E-state index < -0.39 is 0 Å². The molecule has 1 aliphatic heterocycles. The molecule has 1 aromatic rings. The number of halogens is 1. The quantitative estimate of drug-likeness (QED) is 0.662. The summed E-state index contributed by atoms with van der Waals surface area (Å²) in [5.41, 5.74) is 0.855. The Morgan fingerprint density at radius 1 is 1.36 bits per heavy atom. The van der Waals surface area contributed by atoms with Crippen LogP contribution in [-0.4, -0.2) is 50.2 Å². The predicted octanol–water partition coefficient (Wildman–Crippen LogP) is 1.70. The monoisotopic (exact) mass is 319 g/mol. The number of nitrogens with one attached hydrogen (secondary N) is 1. The molecule has 116 valence electrons. The summed E-state index contributed by atoms with van der Waals surface area (Å²) >= 11 is 5.81. The predicted molar refractivity (Wildman–Crippen MR) is 85.3 cm³/mol. The molecule has 1 heterocycles. The van der Waals surface area contributed by atoms with Crippen LogP contribution >= 0.6 is 11.6 Å². The zero-order chi connectivity index (χ0) is 15.8. The summed E-state index contributed by atoms with van der Waals surface area (Å²) in [5.74, 6) is -0.356. The maximum Gasteiger partial charge on any atom is 0.261 e. The van der Waals surface area contributed by atoms with Crippen LogP contribution in [0.25, 0.3) is 6.08 Å². The molecule has 1 saturated heterocycles. The van der Waals surface area contributed by atoms with Gasteiger partial charge in [0, 0.05) is 31.2 Å². The van der Waals surface area contributed by atoms with Gasteiger partial charge < -0.3 is 10.1 Å². The van der Waals surface area contributed by atoms with E-state index in [2.05, 4.69) is 10.2 Å². The topological polar surface area (TPSA) is 65.4 Å². The standard InChI is InChI=1S/C16H18ClN3O2/c17-15-3-1-13(2-4-15)11-14(12-18)16(21)19-5-6-20-7-9-22-10-8-20/h1-4,11H,5-10H2,(H,19,21)/b14-11+. The van der Waals surface area contributed by atoms with Crippen molar-refractivity contribution in [1.29, 1.82) is 5.26 Å². The number of amides is 1. The van der Waals surface area contributed by atoms with Gasteiger partial charge in [0.15, 0.2) is 0 Å². The molecule has 1 aliphatic rings. The van der Waals surface area contributed by atoms with Gasteiger partial charge in [-0.1, -0.05) is 23.7 Å². The van der Waals surface area contributed by atoms with E-state index in [1.807, 2.05) is 6.07 Å². The summed E-state index contributed by atoms with van der Waals surface area (Å²) < 4.78 is 5.27. The van der Waals surface area contributed by atoms with Crippen molar-refractivity contribution in [3.05, 3.63) is 40.4 Å². The van der Waals surface area contributed by atoms with Gasteiger partial charge in [-0.25, -0.2) is 0 Å². The number of nitrogens with zero attached hydrogens (tertiary/aromatic N) is 2. The molecule has 0 atom stereocenters. The van der Waals surface area contributed by atoms with E-state index >= 15 is 0 Å². The van der Waals surface area contributed by atoms with E-state index in [-0.39, 0.29) is 11.5 Å². The fourth-order valence-corrected chi connectivity index (χ4v) is 2.25. The third-order valence-corrected chi connectivity index (χ3v) is 3.62. The molecule has 0 aromatic heterocycles. The third-order valence-electron chi connectivity index (χ3n) is 3.36. The summed E-state index contributed by atoms with van der Waals surface area (Å²) in [4.78, 5) is 14.2. The Kier molecular flexibility index (Phi) is 6.41. The summed E-state index contributed by atoms with van der Waals surface area (Å²) in [6.45, 7) is 4.48. The molecule has 1 fully saturated rings. The normalized spacial score (nSPS) is 16.1. The minimum absolute atomic E-state index is 0.0873. The van der Waals surface area contributed by atoms with Crippen molar-refractivity contribution in [3.63, 3.8) is 0 Å². The van der Waals surface area contributed by atoms with Gasteiger partial charge in [-0.15, -0.1) is 0 Å². The number of hydrogen-bond donors (Lipinski definition) is 1. The molecule has 5 nitrogen and oxygen atoms in total. The van der Waals surface area contributed by atoms with Gasteiger partial charge in [-0.05, 0) is 23.8 Å². The number of nitriles is 1. The Hall–Kier alpha value is -1.87. The molecule has 0 saturated carbocycles. The molecule has 0 spiro atoms. The number of rotatable bonds is 5. The minimum atomic E-state index is -0.356. The van der Waals surface area contributed by atoms with Crippen LogP contribution in [0.15, 0.2) is 29.8 Å². The fourth-order valence-electron chi connectivity index (χ4n) is 2.12. The minimum Gasteiger partial charge on any atom is -0.379 e. The summed E-state index contributed by atoms with van der Waals surface area (Å²) in [6.07, 6.45) is 1.56. The first-order valence-electron chi connectivity index (χ1n) is 7.15. The Bertz CT molecular complexity index is 572. The van der Waals surface area contributed by atoms with Gasteiger partial charge >= 0.3 is 0 Å². The Morgan fingerprint density at radius 2 is 2.05 bits per heavy atom. The Labute approximate surface area is 135 Å². The zero-order valence-corrected chi connectivity index (χ0v) is 13.0. The second-order valence-electron chi connectivity index (χ2n) is 4.93. The molecule has 0 radical (unpaired) electrons. The van der Waals surface area contributed by atoms with Crippen molar-refractivity contribution in [2.75, 3.05) is 39.4 Å². The summed E-state index contributed by atoms with van der Waals surface area (Å²) in [6, 6.07) is 8.91. The molecular formula is C16H18ClN3O2. The van der Waals surface area contributed by atoms with Crippen molar-refractivity contribution in [2.45, 2.75) is 0 Å². The number of carbonyl (C=O) groups is 1. The van der Waals surface area contributed by atoms with Gasteiger partial charge in [0.05, 0.1) is 13.2 Å². The molecule has 0 aliphatic carbocycles. The number of hydrogen-bond acceptors (Lipinski definition) is 4. The largest absolute Gasteiger partial charge is 0.379 e. The van der Waals surface area contributed by atoms with Crippen LogP contribution in [-0.2, 0) is 9.53 Å². The van der Waals surface area contributed by atoms with E-state index in [0.717, 1.165) is 38.4 Å². The van der Waals surface area contributed by atoms with E-state index in [1.54, 1.807) is 30.3 Å². The van der Waals surface area contributed by atoms with Crippen LogP contribution < -0.4 is 5.32 Å². The van der Waals surface area contributed by atoms with Crippen LogP contribution in [0.5, 0.6) is 0 Å². The second kappa shape index (κ2) is 8.54. The lowest BCUT2D eigenvalue weighted by molar-refractivity contribution is -0.117. The number of morpholine rings is 1. The van der Waals surface area contributed by atoms with E-state index in [0.29, 0.717) is 11.6 Å². The molecule has 1 amide bonds. The Balaban J connectivity index is 1.86. The molecule has 2 rings (SSSR count). The van der Waals surface area contributed by atoms with Gasteiger partial charge in [0.1, 0.15) is 11.6 Å². The molecule has 0 unspecified atom stereocenters. The van der Waals surface area contributed by atoms with E-state index in [4.69, 9.17) is 21.6 Å². The highest BCUT2D eigenvalue weighted by molar-refractivity contribution is 6.30. The van der Waals surface area contributed by atoms with Crippen molar-refractivity contribution < 1.29 is 9.53 Å². The molecule has 1 aromatic carbocycles. The van der Waals surface area contributed by atoms with Gasteiger partial charge in [0.25, 0.3) is 5.91 Å². The third kappa shape index (κ3) is 5.15. The van der Waals surface area contributed by atoms with Gasteiger partial charge in [-0.3, -0.25) is 9.69 Å². The Morgan fingerprint density at radius 3 is 2.68 bits per heavy atom. The first kappa shape index (κ1) is 16.5. The van der Waals surface area contributed by atoms with Crippen LogP contribution in [0.4, 0.5) is 0 Å². The van der Waals surface area contributed by atoms with Crippen molar-refractivity contribution in [1.82, 2.24) is 10.2 Å². The summed E-state index contributed by atoms with van der Waals surface area (Å²) in [5, 5.41) is 12.5. The highest BCUT2D eigenvalue weighted by Gasteiger charge is 2.12. The fraction of sp³-hybridized carbons (Fsp3) is 0.375. The lowest BCUT2D eigenvalue weighted by atomic mass is 10.1. The van der Waals surface area contributed by atoms with E-state index in [9.17, 15) is 4.79 Å². The molecule has 0 bridgehead atoms. The smallest absolute Gasteiger partial charge is 0.261 e. The van der Waals surface area contributed by atoms with Crippen molar-refractivity contribution in [2.24, 2.45) is 0 Å². The first-order chi connectivity index (χ1) is 10.7. The average molecular weight is 320 g/mol. The lowest BCUT2D eigenvalue weighted by Gasteiger charge is -2.26. The van der Waals surface area contributed by atoms with Crippen LogP contribution in [0.2, 0.25) is 5.02 Å². The molecule has 6 heteroatoms. The summed E-state index contributed by atoms with van der Waals surface area (Å²) in [7, 11) is 0. The maximum absolute atomic E-state index is 12.0. The van der Waals surface area contributed by atoms with Gasteiger partial charge in [0.2, 0.25) is 0 Å². The maximum atomic E-state index is 12.0. The van der Waals surface area contributed by atoms with Crippen LogP contribution in [0.3, 0.4) is 0 Å². The van der Waals surface area contributed by atoms with Crippen molar-refractivity contribution >= 4 is 23.6 Å². The van der Waals surface area contributed by atoms with Crippen LogP contribution in [0.1, 0.15) is 5.56 Å². The lowest BCUT2D eigenvalue weighted by Crippen LogP contribution is -2.41. The highest BCUT2D eigenvalue weighted by atomic mass is 35.5. The average Bonchev–Trinajstić information content (AvgIpc) is 2.55. The first-order valence-corrected chi connectivity index (χ1v) is 7.52. The number of benzene rings is 1. The van der Waals surface area contributed by atoms with Crippen molar-refractivity contribution in [3.8, 4) is 6.07 Å². The second-order valence-corrected chi connectivity index (χ2v) is 5.37. The molecule has 22 heavy (non-hydrogen) atoms. The van der Waals surface area contributed by atoms with E-state index in [1.165, 1.54) is 0 Å². The number of carbonyl (C=O) groups excluding carboxylic acids is 1. The SMILES string of the molecule is N#C/C(=C\c1ccc(Cl)cc1)C(=O)NCCN1CCOCC1. The number of ether oxygens (including phenoxy) is 1. The van der Waals surface area contributed by atoms with Gasteiger partial charge in [-0.2, -0.15) is 5.26 Å².